The van der Waals surface area contributed by atoms with E-state index in [4.69, 9.17) is 14.2 Å². The van der Waals surface area contributed by atoms with Gasteiger partial charge in [-0.1, -0.05) is 72.8 Å². The van der Waals surface area contributed by atoms with Gasteiger partial charge in [-0.15, -0.1) is 0 Å². The number of benzene rings is 3. The van der Waals surface area contributed by atoms with Crippen molar-refractivity contribution in [1.82, 2.24) is 14.9 Å². The molecule has 0 radical (unpaired) electrons. The number of carbonyl (C=O) groups excluding carboxylic acids is 6. The van der Waals surface area contributed by atoms with Gasteiger partial charge in [0.2, 0.25) is 0 Å². The lowest BCUT2D eigenvalue weighted by atomic mass is 10.0. The Hall–Kier alpha value is -5.52. The van der Waals surface area contributed by atoms with Crippen molar-refractivity contribution >= 4 is 35.8 Å². The highest BCUT2D eigenvalue weighted by Gasteiger charge is 2.49. The van der Waals surface area contributed by atoms with E-state index in [1.165, 1.54) is 12.1 Å². The molecule has 12 heteroatoms. The van der Waals surface area contributed by atoms with Crippen molar-refractivity contribution in [1.29, 1.82) is 0 Å². The number of rotatable bonds is 10. The fourth-order valence-electron chi connectivity index (χ4n) is 5.50. The van der Waals surface area contributed by atoms with E-state index in [1.54, 1.807) is 60.7 Å². The zero-order valence-electron chi connectivity index (χ0n) is 25.2. The van der Waals surface area contributed by atoms with E-state index in [-0.39, 0.29) is 50.1 Å². The molecule has 3 aromatic rings. The maximum atomic E-state index is 14.5. The minimum atomic E-state index is -1.56. The topological polar surface area (TPSA) is 140 Å². The van der Waals surface area contributed by atoms with E-state index in [1.807, 2.05) is 12.1 Å². The normalized spacial score (nSPS) is 16.5. The number of fused-ring (bicyclic) bond motifs is 1. The Morgan fingerprint density at radius 3 is 1.89 bits per heavy atom. The van der Waals surface area contributed by atoms with Gasteiger partial charge in [0.1, 0.15) is 19.3 Å². The molecule has 238 valence electrons. The van der Waals surface area contributed by atoms with Crippen molar-refractivity contribution in [3.63, 3.8) is 0 Å². The number of imide groups is 1. The number of esters is 2. The molecule has 0 aliphatic carbocycles. The first-order valence-corrected chi connectivity index (χ1v) is 14.9. The summed E-state index contributed by atoms with van der Waals surface area (Å²) >= 11 is 0. The third-order valence-corrected chi connectivity index (χ3v) is 7.80. The number of hydrazine groups is 1. The number of amides is 4. The predicted octanol–water partition coefficient (Wildman–Crippen LogP) is 3.89. The Morgan fingerprint density at radius 1 is 0.783 bits per heavy atom. The largest absolute Gasteiger partial charge is 0.467 e. The van der Waals surface area contributed by atoms with E-state index >= 15 is 0 Å². The van der Waals surface area contributed by atoms with Gasteiger partial charge in [-0.2, -0.15) is 0 Å². The molecule has 0 saturated carbocycles. The lowest BCUT2D eigenvalue weighted by molar-refractivity contribution is -0.175. The number of ether oxygens (including phenoxy) is 3. The second-order valence-corrected chi connectivity index (χ2v) is 10.8. The molecule has 1 saturated heterocycles. The van der Waals surface area contributed by atoms with E-state index in [9.17, 15) is 28.8 Å². The zero-order valence-corrected chi connectivity index (χ0v) is 25.2. The SMILES string of the molecule is COC(=O)C1CCCN(C(=O)OCc2ccccc2)N1C(=O)[C@H](CCC(=O)OCc1ccccc1)N1C(=O)c2ccccc2C1=O. The highest BCUT2D eigenvalue weighted by Crippen LogP contribution is 2.30. The third kappa shape index (κ3) is 6.90. The summed E-state index contributed by atoms with van der Waals surface area (Å²) in [5.41, 5.74) is 1.65. The molecule has 2 atom stereocenters. The fraction of sp³-hybridized carbons (Fsp3) is 0.294. The van der Waals surface area contributed by atoms with Crippen LogP contribution in [0.4, 0.5) is 4.79 Å². The van der Waals surface area contributed by atoms with Crippen LogP contribution in [0.1, 0.15) is 57.5 Å². The predicted molar refractivity (Wildman–Crippen MR) is 161 cm³/mol. The molecule has 3 aromatic carbocycles. The minimum Gasteiger partial charge on any atom is -0.467 e. The summed E-state index contributed by atoms with van der Waals surface area (Å²) in [5.74, 6) is -3.85. The molecule has 4 amide bonds. The molecule has 0 aromatic heterocycles. The van der Waals surface area contributed by atoms with E-state index in [0.717, 1.165) is 27.6 Å². The standard InChI is InChI=1S/C34H33N3O9/c1-44-33(42)28-17-10-20-35(34(43)46-22-24-13-6-3-7-14-24)37(28)32(41)27(18-19-29(38)45-21-23-11-4-2-5-12-23)36-30(39)25-15-8-9-16-26(25)31(36)40/h2-9,11-16,27-28H,10,17-22H2,1H3/t27-,28?/m0/s1. The van der Waals surface area contributed by atoms with Crippen LogP contribution < -0.4 is 0 Å². The van der Waals surface area contributed by atoms with Gasteiger partial charge in [0.25, 0.3) is 17.7 Å². The van der Waals surface area contributed by atoms with Crippen LogP contribution in [0.2, 0.25) is 0 Å². The average molecular weight is 628 g/mol. The number of methoxy groups -OCH3 is 1. The summed E-state index contributed by atoms with van der Waals surface area (Å²) in [7, 11) is 1.15. The first kappa shape index (κ1) is 31.9. The van der Waals surface area contributed by atoms with Crippen molar-refractivity contribution in [2.24, 2.45) is 0 Å². The van der Waals surface area contributed by atoms with Crippen LogP contribution in [0.25, 0.3) is 0 Å². The molecule has 2 aliphatic rings. The van der Waals surface area contributed by atoms with Crippen molar-refractivity contribution in [2.45, 2.75) is 51.0 Å². The van der Waals surface area contributed by atoms with Crippen LogP contribution in [0.3, 0.4) is 0 Å². The molecule has 0 spiro atoms. The molecule has 0 bridgehead atoms. The lowest BCUT2D eigenvalue weighted by Crippen LogP contribution is -2.64. The monoisotopic (exact) mass is 627 g/mol. The summed E-state index contributed by atoms with van der Waals surface area (Å²) in [5, 5.41) is 1.90. The maximum Gasteiger partial charge on any atom is 0.429 e. The molecule has 5 rings (SSSR count). The average Bonchev–Trinajstić information content (AvgIpc) is 3.35. The van der Waals surface area contributed by atoms with Crippen molar-refractivity contribution in [2.75, 3.05) is 13.7 Å². The quantitative estimate of drug-likeness (QED) is 0.186. The summed E-state index contributed by atoms with van der Waals surface area (Å²) in [6.45, 7) is -0.0973. The first-order valence-electron chi connectivity index (χ1n) is 14.9. The second-order valence-electron chi connectivity index (χ2n) is 10.8. The van der Waals surface area contributed by atoms with E-state index in [2.05, 4.69) is 0 Å². The number of hydrogen-bond donors (Lipinski definition) is 0. The Kier molecular flexibility index (Phi) is 10.1. The Balaban J connectivity index is 1.43. The van der Waals surface area contributed by atoms with Crippen molar-refractivity contribution in [3.8, 4) is 0 Å². The minimum absolute atomic E-state index is 0.0110. The molecule has 1 fully saturated rings. The summed E-state index contributed by atoms with van der Waals surface area (Å²) in [6.07, 6.45) is -1.09. The maximum absolute atomic E-state index is 14.5. The van der Waals surface area contributed by atoms with Gasteiger partial charge >= 0.3 is 18.0 Å². The first-order chi connectivity index (χ1) is 22.3. The summed E-state index contributed by atoms with van der Waals surface area (Å²) < 4.78 is 15.8. The highest BCUT2D eigenvalue weighted by molar-refractivity contribution is 6.23. The summed E-state index contributed by atoms with van der Waals surface area (Å²) in [4.78, 5) is 81.6. The van der Waals surface area contributed by atoms with Gasteiger partial charge in [0.05, 0.1) is 18.2 Å². The van der Waals surface area contributed by atoms with Crippen molar-refractivity contribution < 1.29 is 43.0 Å². The Morgan fingerprint density at radius 2 is 1.33 bits per heavy atom. The van der Waals surface area contributed by atoms with Crippen molar-refractivity contribution in [3.05, 3.63) is 107 Å². The van der Waals surface area contributed by atoms with Crippen LogP contribution in [-0.2, 0) is 41.8 Å². The van der Waals surface area contributed by atoms with Crippen LogP contribution >= 0.6 is 0 Å². The van der Waals surface area contributed by atoms with Gasteiger partial charge in [0.15, 0.2) is 6.04 Å². The van der Waals surface area contributed by atoms with Crippen LogP contribution in [0, 0.1) is 0 Å². The zero-order chi connectivity index (χ0) is 32.6. The molecular weight excluding hydrogens is 594 g/mol. The fourth-order valence-corrected chi connectivity index (χ4v) is 5.50. The van der Waals surface area contributed by atoms with Gasteiger partial charge in [-0.25, -0.2) is 19.6 Å². The van der Waals surface area contributed by atoms with Crippen LogP contribution in [-0.4, -0.2) is 76.4 Å². The second kappa shape index (κ2) is 14.5. The molecule has 0 N–H and O–H groups in total. The smallest absolute Gasteiger partial charge is 0.429 e. The molecular formula is C34H33N3O9. The molecule has 46 heavy (non-hydrogen) atoms. The van der Waals surface area contributed by atoms with E-state index in [0.29, 0.717) is 12.0 Å². The molecule has 2 heterocycles. The lowest BCUT2D eigenvalue weighted by Gasteiger charge is -2.43. The van der Waals surface area contributed by atoms with Gasteiger partial charge in [-0.3, -0.25) is 24.1 Å². The number of carbonyl (C=O) groups is 6. The molecule has 12 nitrogen and oxygen atoms in total. The van der Waals surface area contributed by atoms with Gasteiger partial charge < -0.3 is 14.2 Å². The number of nitrogens with zero attached hydrogens (tertiary/aromatic N) is 3. The van der Waals surface area contributed by atoms with Gasteiger partial charge in [-0.05, 0) is 42.5 Å². The molecule has 1 unspecified atom stereocenters. The Labute approximate surface area is 265 Å². The Bertz CT molecular complexity index is 1580. The highest BCUT2D eigenvalue weighted by atomic mass is 16.6. The van der Waals surface area contributed by atoms with Crippen LogP contribution in [0.5, 0.6) is 0 Å². The summed E-state index contributed by atoms with van der Waals surface area (Å²) in [6, 6.07) is 21.2. The van der Waals surface area contributed by atoms with Gasteiger partial charge in [0, 0.05) is 13.0 Å². The molecule has 2 aliphatic heterocycles. The van der Waals surface area contributed by atoms with E-state index < -0.39 is 47.8 Å². The van der Waals surface area contributed by atoms with Crippen LogP contribution in [0.15, 0.2) is 84.9 Å². The number of hydrogen-bond acceptors (Lipinski definition) is 9. The third-order valence-electron chi connectivity index (χ3n) is 7.80.